The number of benzene rings is 1. The van der Waals surface area contributed by atoms with Crippen molar-refractivity contribution in [3.8, 4) is 0 Å². The largest absolute Gasteiger partial charge is 0.375 e. The van der Waals surface area contributed by atoms with Crippen molar-refractivity contribution in [3.05, 3.63) is 42.0 Å². The van der Waals surface area contributed by atoms with Gasteiger partial charge in [-0.2, -0.15) is 0 Å². The number of rotatable bonds is 5. The summed E-state index contributed by atoms with van der Waals surface area (Å²) >= 11 is 0. The zero-order chi connectivity index (χ0) is 17.0. The number of carbonyl (C=O) groups is 1. The van der Waals surface area contributed by atoms with E-state index in [4.69, 9.17) is 4.74 Å². The van der Waals surface area contributed by atoms with Gasteiger partial charge in [-0.15, -0.1) is 0 Å². The van der Waals surface area contributed by atoms with E-state index in [1.165, 1.54) is 24.0 Å². The highest BCUT2D eigenvalue weighted by molar-refractivity contribution is 5.77. The van der Waals surface area contributed by atoms with Gasteiger partial charge < -0.3 is 9.64 Å². The highest BCUT2D eigenvalue weighted by atomic mass is 16.5. The van der Waals surface area contributed by atoms with Crippen LogP contribution in [-0.4, -0.2) is 55.6 Å². The van der Waals surface area contributed by atoms with Crippen LogP contribution >= 0.6 is 0 Å². The zero-order valence-electron chi connectivity index (χ0n) is 14.7. The number of ether oxygens (including phenoxy) is 1. The molecular formula is C20H28N2O2. The second kappa shape index (κ2) is 7.49. The second-order valence-corrected chi connectivity index (χ2v) is 7.26. The molecule has 1 atom stereocenters. The Balaban J connectivity index is 1.62. The Morgan fingerprint density at radius 3 is 3.00 bits per heavy atom. The van der Waals surface area contributed by atoms with E-state index < -0.39 is 0 Å². The molecule has 2 aliphatic heterocycles. The molecule has 0 unspecified atom stereocenters. The normalized spacial score (nSPS) is 24.5. The molecule has 3 rings (SSSR count). The molecule has 24 heavy (non-hydrogen) atoms. The van der Waals surface area contributed by atoms with Gasteiger partial charge >= 0.3 is 0 Å². The number of methoxy groups -OCH3 is 1. The fraction of sp³-hybridized carbons (Fsp3) is 0.550. The molecule has 130 valence electrons. The minimum absolute atomic E-state index is 0.130. The van der Waals surface area contributed by atoms with Crippen molar-refractivity contribution in [2.24, 2.45) is 5.41 Å². The smallest absolute Gasteiger partial charge is 0.248 e. The predicted molar refractivity (Wildman–Crippen MR) is 96.6 cm³/mol. The molecule has 1 aromatic carbocycles. The van der Waals surface area contributed by atoms with Crippen molar-refractivity contribution in [1.29, 1.82) is 0 Å². The van der Waals surface area contributed by atoms with Crippen LogP contribution in [0, 0.1) is 5.41 Å². The maximum absolute atomic E-state index is 12.1. The number of amides is 1. The Bertz CT molecular complexity index is 601. The molecule has 0 saturated carbocycles. The van der Waals surface area contributed by atoms with E-state index in [1.807, 2.05) is 11.0 Å². The molecule has 1 amide bonds. The lowest BCUT2D eigenvalue weighted by Crippen LogP contribution is -2.45. The second-order valence-electron chi connectivity index (χ2n) is 7.26. The summed E-state index contributed by atoms with van der Waals surface area (Å²) in [4.78, 5) is 16.6. The van der Waals surface area contributed by atoms with Gasteiger partial charge in [0.25, 0.3) is 0 Å². The number of carbonyl (C=O) groups excluding carboxylic acids is 1. The van der Waals surface area contributed by atoms with Gasteiger partial charge in [-0.3, -0.25) is 9.69 Å². The minimum Gasteiger partial charge on any atom is -0.375 e. The first kappa shape index (κ1) is 17.2. The van der Waals surface area contributed by atoms with E-state index in [-0.39, 0.29) is 17.9 Å². The average molecular weight is 328 g/mol. The molecular weight excluding hydrogens is 300 g/mol. The summed E-state index contributed by atoms with van der Waals surface area (Å²) in [5, 5.41) is 0. The Morgan fingerprint density at radius 1 is 1.33 bits per heavy atom. The highest BCUT2D eigenvalue weighted by Crippen LogP contribution is 2.39. The van der Waals surface area contributed by atoms with Crippen LogP contribution in [0.2, 0.25) is 0 Å². The number of likely N-dealkylation sites (tertiary alicyclic amines) is 2. The molecule has 2 heterocycles. The maximum atomic E-state index is 12.1. The third-order valence-corrected chi connectivity index (χ3v) is 5.39. The molecule has 0 radical (unpaired) electrons. The van der Waals surface area contributed by atoms with Gasteiger partial charge in [0.2, 0.25) is 5.91 Å². The SMILES string of the molecule is C=Cc1cccc(CN2CCC[C@]3(CCN(C(=O)COC)C3)C2)c1. The average Bonchev–Trinajstić information content (AvgIpc) is 2.99. The quantitative estimate of drug-likeness (QED) is 0.833. The molecule has 2 saturated heterocycles. The van der Waals surface area contributed by atoms with Gasteiger partial charge in [0.15, 0.2) is 0 Å². The zero-order valence-corrected chi connectivity index (χ0v) is 14.7. The van der Waals surface area contributed by atoms with Gasteiger partial charge in [0.1, 0.15) is 6.61 Å². The lowest BCUT2D eigenvalue weighted by Gasteiger charge is -2.40. The van der Waals surface area contributed by atoms with E-state index in [1.54, 1.807) is 7.11 Å². The molecule has 0 aliphatic carbocycles. The molecule has 2 aliphatic rings. The van der Waals surface area contributed by atoms with Crippen LogP contribution in [0.25, 0.3) is 6.08 Å². The van der Waals surface area contributed by atoms with Crippen molar-refractivity contribution in [3.63, 3.8) is 0 Å². The lowest BCUT2D eigenvalue weighted by atomic mass is 9.79. The third-order valence-electron chi connectivity index (χ3n) is 5.39. The van der Waals surface area contributed by atoms with Crippen LogP contribution in [0.4, 0.5) is 0 Å². The topological polar surface area (TPSA) is 32.8 Å². The van der Waals surface area contributed by atoms with Crippen LogP contribution in [-0.2, 0) is 16.1 Å². The van der Waals surface area contributed by atoms with Crippen molar-refractivity contribution >= 4 is 12.0 Å². The van der Waals surface area contributed by atoms with E-state index >= 15 is 0 Å². The molecule has 0 bridgehead atoms. The van der Waals surface area contributed by atoms with Crippen LogP contribution in [0.15, 0.2) is 30.8 Å². The first-order valence-corrected chi connectivity index (χ1v) is 8.85. The molecule has 4 nitrogen and oxygen atoms in total. The van der Waals surface area contributed by atoms with Gasteiger partial charge in [0.05, 0.1) is 0 Å². The fourth-order valence-electron chi connectivity index (χ4n) is 4.22. The number of hydrogen-bond acceptors (Lipinski definition) is 3. The Morgan fingerprint density at radius 2 is 2.21 bits per heavy atom. The Labute approximate surface area is 145 Å². The van der Waals surface area contributed by atoms with Crippen molar-refractivity contribution < 1.29 is 9.53 Å². The van der Waals surface area contributed by atoms with Crippen molar-refractivity contribution in [1.82, 2.24) is 9.80 Å². The summed E-state index contributed by atoms with van der Waals surface area (Å²) in [7, 11) is 1.59. The molecule has 1 spiro atoms. The van der Waals surface area contributed by atoms with Gasteiger partial charge in [-0.05, 0) is 36.9 Å². The summed E-state index contributed by atoms with van der Waals surface area (Å²) in [6.45, 7) is 9.03. The standard InChI is InChI=1S/C20H28N2O2/c1-3-17-6-4-7-18(12-17)13-21-10-5-8-20(15-21)9-11-22(16-20)19(23)14-24-2/h3-4,6-7,12H,1,5,8-11,13-16H2,2H3/t20-/m0/s1. The molecule has 0 aromatic heterocycles. The number of nitrogens with zero attached hydrogens (tertiary/aromatic N) is 2. The van der Waals surface area contributed by atoms with Crippen LogP contribution in [0.3, 0.4) is 0 Å². The summed E-state index contributed by atoms with van der Waals surface area (Å²) < 4.78 is 5.00. The van der Waals surface area contributed by atoms with Crippen molar-refractivity contribution in [2.45, 2.75) is 25.8 Å². The Hall–Kier alpha value is -1.65. The fourth-order valence-corrected chi connectivity index (χ4v) is 4.22. The molecule has 1 aromatic rings. The van der Waals surface area contributed by atoms with Crippen LogP contribution in [0.1, 0.15) is 30.4 Å². The summed E-state index contributed by atoms with van der Waals surface area (Å²) in [6, 6.07) is 8.60. The van der Waals surface area contributed by atoms with E-state index in [2.05, 4.69) is 35.7 Å². The van der Waals surface area contributed by atoms with Gasteiger partial charge in [0, 0.05) is 38.7 Å². The number of hydrogen-bond donors (Lipinski definition) is 0. The van der Waals surface area contributed by atoms with Gasteiger partial charge in [-0.25, -0.2) is 0 Å². The number of piperidine rings is 1. The summed E-state index contributed by atoms with van der Waals surface area (Å²) in [5.41, 5.74) is 2.80. The van der Waals surface area contributed by atoms with E-state index in [9.17, 15) is 4.79 Å². The van der Waals surface area contributed by atoms with Gasteiger partial charge in [-0.1, -0.05) is 36.9 Å². The molecule has 0 N–H and O–H groups in total. The lowest BCUT2D eigenvalue weighted by molar-refractivity contribution is -0.134. The highest BCUT2D eigenvalue weighted by Gasteiger charge is 2.42. The Kier molecular flexibility index (Phi) is 5.36. The van der Waals surface area contributed by atoms with Crippen LogP contribution in [0.5, 0.6) is 0 Å². The monoisotopic (exact) mass is 328 g/mol. The van der Waals surface area contributed by atoms with Crippen LogP contribution < -0.4 is 0 Å². The van der Waals surface area contributed by atoms with Crippen molar-refractivity contribution in [2.75, 3.05) is 39.9 Å². The first-order chi connectivity index (χ1) is 11.6. The summed E-state index contributed by atoms with van der Waals surface area (Å²) in [5.74, 6) is 0.130. The van der Waals surface area contributed by atoms with E-state index in [0.717, 1.165) is 39.1 Å². The predicted octanol–water partition coefficient (Wildman–Crippen LogP) is 2.79. The molecule has 4 heteroatoms. The minimum atomic E-state index is 0.130. The van der Waals surface area contributed by atoms with E-state index in [0.29, 0.717) is 0 Å². The summed E-state index contributed by atoms with van der Waals surface area (Å²) in [6.07, 6.45) is 5.46. The first-order valence-electron chi connectivity index (χ1n) is 8.85. The third kappa shape index (κ3) is 3.87. The maximum Gasteiger partial charge on any atom is 0.248 e. The molecule has 2 fully saturated rings.